The van der Waals surface area contributed by atoms with Gasteiger partial charge >= 0.3 is 0 Å². The van der Waals surface area contributed by atoms with Gasteiger partial charge in [-0.15, -0.1) is 13.2 Å². The Hall–Kier alpha value is -1.12. The summed E-state index contributed by atoms with van der Waals surface area (Å²) in [6.07, 6.45) is 3.85. The van der Waals surface area contributed by atoms with E-state index < -0.39 is 0 Å². The zero-order valence-electron chi connectivity index (χ0n) is 8.50. The standard InChI is InChI=1S/C8H15N3.C2H4/c1-9-8(10-2)11-6-4-3-5-7-11;1-2/h1,3-7H2,2H3;1-2H2. The summed E-state index contributed by atoms with van der Waals surface area (Å²) >= 11 is 0. The van der Waals surface area contributed by atoms with E-state index in [4.69, 9.17) is 0 Å². The maximum atomic E-state index is 4.04. The predicted molar refractivity (Wildman–Crippen MR) is 59.6 cm³/mol. The molecule has 0 spiro atoms. The van der Waals surface area contributed by atoms with Crippen LogP contribution in [0.5, 0.6) is 0 Å². The molecule has 0 unspecified atom stereocenters. The van der Waals surface area contributed by atoms with E-state index in [1.807, 2.05) is 0 Å². The molecule has 1 aliphatic rings. The fourth-order valence-electron chi connectivity index (χ4n) is 1.41. The van der Waals surface area contributed by atoms with Crippen LogP contribution in [0.25, 0.3) is 0 Å². The normalized spacial score (nSPS) is 17.3. The Morgan fingerprint density at radius 1 is 1.15 bits per heavy atom. The lowest BCUT2D eigenvalue weighted by Crippen LogP contribution is -2.34. The number of nitrogens with zero attached hydrogens (tertiary/aromatic N) is 3. The van der Waals surface area contributed by atoms with Crippen LogP contribution in [0, 0.1) is 0 Å². The van der Waals surface area contributed by atoms with Gasteiger partial charge in [0, 0.05) is 20.1 Å². The summed E-state index contributed by atoms with van der Waals surface area (Å²) in [5.74, 6) is 0.796. The fraction of sp³-hybridized carbons (Fsp3) is 0.600. The SMILES string of the molecule is C=C.C=NC(=NC)N1CCCCC1. The van der Waals surface area contributed by atoms with Crippen molar-refractivity contribution in [1.29, 1.82) is 0 Å². The maximum absolute atomic E-state index is 4.04. The van der Waals surface area contributed by atoms with Gasteiger partial charge in [0.05, 0.1) is 0 Å². The minimum absolute atomic E-state index is 0.796. The van der Waals surface area contributed by atoms with Crippen molar-refractivity contribution in [2.75, 3.05) is 20.1 Å². The molecule has 0 aromatic heterocycles. The van der Waals surface area contributed by atoms with Gasteiger partial charge in [0.15, 0.2) is 0 Å². The molecular formula is C10H19N3. The van der Waals surface area contributed by atoms with Gasteiger partial charge in [-0.05, 0) is 26.0 Å². The van der Waals surface area contributed by atoms with Gasteiger partial charge in [0.2, 0.25) is 5.96 Å². The lowest BCUT2D eigenvalue weighted by atomic mass is 10.1. The van der Waals surface area contributed by atoms with E-state index >= 15 is 0 Å². The van der Waals surface area contributed by atoms with E-state index in [0.29, 0.717) is 0 Å². The van der Waals surface area contributed by atoms with Crippen molar-refractivity contribution >= 4 is 12.7 Å². The number of likely N-dealkylation sites (tertiary alicyclic amines) is 1. The summed E-state index contributed by atoms with van der Waals surface area (Å²) in [6, 6.07) is 0. The number of aliphatic imine (C=N–C) groups is 2. The summed E-state index contributed by atoms with van der Waals surface area (Å²) in [5.41, 5.74) is 0. The molecule has 0 aromatic rings. The second-order valence-electron chi connectivity index (χ2n) is 2.73. The molecular weight excluding hydrogens is 162 g/mol. The summed E-state index contributed by atoms with van der Waals surface area (Å²) in [5, 5.41) is 0. The van der Waals surface area contributed by atoms with E-state index in [0.717, 1.165) is 19.0 Å². The minimum atomic E-state index is 0.796. The second-order valence-corrected chi connectivity index (χ2v) is 2.73. The molecule has 0 aliphatic carbocycles. The van der Waals surface area contributed by atoms with Crippen LogP contribution in [0.1, 0.15) is 19.3 Å². The van der Waals surface area contributed by atoms with Crippen LogP contribution in [0.15, 0.2) is 23.1 Å². The molecule has 1 rings (SSSR count). The van der Waals surface area contributed by atoms with Crippen LogP contribution < -0.4 is 0 Å². The highest BCUT2D eigenvalue weighted by Gasteiger charge is 2.11. The van der Waals surface area contributed by atoms with E-state index in [1.54, 1.807) is 7.05 Å². The monoisotopic (exact) mass is 181 g/mol. The molecule has 0 radical (unpaired) electrons. The van der Waals surface area contributed by atoms with Crippen molar-refractivity contribution in [2.45, 2.75) is 19.3 Å². The number of hydrogen-bond donors (Lipinski definition) is 0. The molecule has 13 heavy (non-hydrogen) atoms. The molecule has 74 valence electrons. The molecule has 1 aliphatic heterocycles. The summed E-state index contributed by atoms with van der Waals surface area (Å²) in [7, 11) is 1.76. The Labute approximate surface area is 80.9 Å². The fourth-order valence-corrected chi connectivity index (χ4v) is 1.41. The van der Waals surface area contributed by atoms with Gasteiger partial charge in [-0.2, -0.15) is 0 Å². The Balaban J connectivity index is 0.000000671. The highest BCUT2D eigenvalue weighted by Crippen LogP contribution is 2.09. The molecule has 0 bridgehead atoms. The van der Waals surface area contributed by atoms with E-state index in [2.05, 4.69) is 34.8 Å². The van der Waals surface area contributed by atoms with E-state index in [-0.39, 0.29) is 0 Å². The second kappa shape index (κ2) is 7.53. The first-order valence-corrected chi connectivity index (χ1v) is 4.57. The van der Waals surface area contributed by atoms with Gasteiger partial charge in [-0.1, -0.05) is 0 Å². The lowest BCUT2D eigenvalue weighted by molar-refractivity contribution is 0.339. The molecule has 1 fully saturated rings. The Bertz CT molecular complexity index is 169. The first-order chi connectivity index (χ1) is 6.38. The quantitative estimate of drug-likeness (QED) is 0.319. The van der Waals surface area contributed by atoms with Crippen LogP contribution in [-0.2, 0) is 0 Å². The number of piperidine rings is 1. The Kier molecular flexibility index (Phi) is 6.88. The first-order valence-electron chi connectivity index (χ1n) is 4.57. The molecule has 0 amide bonds. The van der Waals surface area contributed by atoms with E-state index in [9.17, 15) is 0 Å². The van der Waals surface area contributed by atoms with Crippen LogP contribution in [0.4, 0.5) is 0 Å². The van der Waals surface area contributed by atoms with Crippen LogP contribution in [-0.4, -0.2) is 37.7 Å². The van der Waals surface area contributed by atoms with Gasteiger partial charge < -0.3 is 4.90 Å². The number of guanidine groups is 1. The molecule has 0 N–H and O–H groups in total. The van der Waals surface area contributed by atoms with Crippen LogP contribution in [0.2, 0.25) is 0 Å². The van der Waals surface area contributed by atoms with Crippen LogP contribution >= 0.6 is 0 Å². The molecule has 0 aromatic carbocycles. The third kappa shape index (κ3) is 3.87. The maximum Gasteiger partial charge on any atom is 0.219 e. The topological polar surface area (TPSA) is 28.0 Å². The number of rotatable bonds is 0. The third-order valence-electron chi connectivity index (χ3n) is 1.98. The van der Waals surface area contributed by atoms with Crippen molar-refractivity contribution in [3.8, 4) is 0 Å². The molecule has 3 nitrogen and oxygen atoms in total. The highest BCUT2D eigenvalue weighted by atomic mass is 15.3. The summed E-state index contributed by atoms with van der Waals surface area (Å²) < 4.78 is 0. The van der Waals surface area contributed by atoms with Crippen molar-refractivity contribution in [1.82, 2.24) is 4.90 Å². The molecule has 0 saturated carbocycles. The molecule has 3 heteroatoms. The summed E-state index contributed by atoms with van der Waals surface area (Å²) in [4.78, 5) is 10.1. The largest absolute Gasteiger partial charge is 0.341 e. The molecule has 1 saturated heterocycles. The average molecular weight is 181 g/mol. The third-order valence-corrected chi connectivity index (χ3v) is 1.98. The smallest absolute Gasteiger partial charge is 0.219 e. The van der Waals surface area contributed by atoms with Crippen molar-refractivity contribution in [3.63, 3.8) is 0 Å². The zero-order chi connectivity index (χ0) is 10.1. The van der Waals surface area contributed by atoms with Gasteiger partial charge in [-0.3, -0.25) is 4.99 Å². The van der Waals surface area contributed by atoms with Crippen molar-refractivity contribution < 1.29 is 0 Å². The lowest BCUT2D eigenvalue weighted by Gasteiger charge is -2.26. The van der Waals surface area contributed by atoms with Crippen molar-refractivity contribution in [2.24, 2.45) is 9.98 Å². The highest BCUT2D eigenvalue weighted by molar-refractivity contribution is 5.84. The van der Waals surface area contributed by atoms with Crippen LogP contribution in [0.3, 0.4) is 0 Å². The van der Waals surface area contributed by atoms with Gasteiger partial charge in [-0.25, -0.2) is 4.99 Å². The van der Waals surface area contributed by atoms with E-state index in [1.165, 1.54) is 19.3 Å². The summed E-state index contributed by atoms with van der Waals surface area (Å²) in [6.45, 7) is 11.7. The van der Waals surface area contributed by atoms with Crippen molar-refractivity contribution in [3.05, 3.63) is 13.2 Å². The average Bonchev–Trinajstić information content (AvgIpc) is 2.24. The molecule has 1 heterocycles. The zero-order valence-corrected chi connectivity index (χ0v) is 8.50. The number of hydrogen-bond acceptors (Lipinski definition) is 1. The molecule has 0 atom stereocenters. The van der Waals surface area contributed by atoms with Gasteiger partial charge in [0.25, 0.3) is 0 Å². The predicted octanol–water partition coefficient (Wildman–Crippen LogP) is 1.96. The Morgan fingerprint density at radius 3 is 2.08 bits per heavy atom. The van der Waals surface area contributed by atoms with Gasteiger partial charge in [0.1, 0.15) is 0 Å². The Morgan fingerprint density at radius 2 is 1.69 bits per heavy atom. The minimum Gasteiger partial charge on any atom is -0.341 e. The first kappa shape index (κ1) is 11.9.